The molecule has 0 aromatic rings. The molecule has 2 N–H and O–H groups in total. The van der Waals surface area contributed by atoms with Crippen molar-refractivity contribution in [2.24, 2.45) is 17.6 Å². The van der Waals surface area contributed by atoms with E-state index in [0.29, 0.717) is 17.9 Å². The zero-order chi connectivity index (χ0) is 12.1. The number of nitrogens with two attached hydrogens (primary N) is 1. The molecule has 0 aromatic heterocycles. The first-order chi connectivity index (χ1) is 7.29. The number of hydrogen-bond donors (Lipinski definition) is 1. The van der Waals surface area contributed by atoms with Crippen molar-refractivity contribution < 1.29 is 9.53 Å². The molecule has 1 aliphatic carbocycles. The fourth-order valence-corrected chi connectivity index (χ4v) is 2.97. The van der Waals surface area contributed by atoms with Gasteiger partial charge in [0.15, 0.2) is 0 Å². The second kappa shape index (κ2) is 3.62. The number of nitrogens with zero attached hydrogens (tertiary/aromatic N) is 1. The van der Waals surface area contributed by atoms with E-state index >= 15 is 0 Å². The number of rotatable bonds is 1. The highest BCUT2D eigenvalue weighted by Crippen LogP contribution is 2.47. The third-order valence-electron chi connectivity index (χ3n) is 3.60. The quantitative estimate of drug-likeness (QED) is 0.738. The van der Waals surface area contributed by atoms with E-state index in [0.717, 1.165) is 13.0 Å². The highest BCUT2D eigenvalue weighted by atomic mass is 16.6. The highest BCUT2D eigenvalue weighted by Gasteiger charge is 2.55. The Hall–Kier alpha value is -0.770. The Balaban J connectivity index is 1.96. The molecule has 2 aliphatic heterocycles. The molecule has 16 heavy (non-hydrogen) atoms. The van der Waals surface area contributed by atoms with Crippen LogP contribution in [0.2, 0.25) is 0 Å². The van der Waals surface area contributed by atoms with Gasteiger partial charge in [0.2, 0.25) is 0 Å². The van der Waals surface area contributed by atoms with E-state index in [1.807, 2.05) is 32.6 Å². The molecule has 3 fully saturated rings. The van der Waals surface area contributed by atoms with E-state index in [1.54, 1.807) is 0 Å². The van der Waals surface area contributed by atoms with Gasteiger partial charge in [-0.1, -0.05) is 0 Å². The molecule has 0 radical (unpaired) electrons. The summed E-state index contributed by atoms with van der Waals surface area (Å²) in [5.74, 6) is 1.07. The summed E-state index contributed by atoms with van der Waals surface area (Å²) in [5.41, 5.74) is 5.52. The summed E-state index contributed by atoms with van der Waals surface area (Å²) in [4.78, 5) is 13.8. The van der Waals surface area contributed by atoms with Crippen LogP contribution in [-0.4, -0.2) is 35.2 Å². The Bertz CT molecular complexity index is 296. The van der Waals surface area contributed by atoms with Gasteiger partial charge in [-0.3, -0.25) is 0 Å². The van der Waals surface area contributed by atoms with Crippen molar-refractivity contribution in [3.63, 3.8) is 0 Å². The largest absolute Gasteiger partial charge is 0.444 e. The van der Waals surface area contributed by atoms with Crippen molar-refractivity contribution in [3.05, 3.63) is 0 Å². The lowest BCUT2D eigenvalue weighted by atomic mass is 9.70. The Labute approximate surface area is 97.1 Å². The first kappa shape index (κ1) is 11.7. The Kier molecular flexibility index (Phi) is 2.65. The number of ether oxygens (including phenoxy) is 1. The maximum atomic E-state index is 11.9. The number of hydrogen-bond acceptors (Lipinski definition) is 3. The van der Waals surface area contributed by atoms with Crippen molar-refractivity contribution in [3.8, 4) is 0 Å². The third kappa shape index (κ3) is 1.90. The molecule has 2 saturated heterocycles. The Morgan fingerprint density at radius 3 is 2.56 bits per heavy atom. The van der Waals surface area contributed by atoms with Gasteiger partial charge in [-0.25, -0.2) is 4.79 Å². The molecule has 4 nitrogen and oxygen atoms in total. The molecule has 0 unspecified atom stereocenters. The van der Waals surface area contributed by atoms with Crippen LogP contribution >= 0.6 is 0 Å². The third-order valence-corrected chi connectivity index (χ3v) is 3.60. The van der Waals surface area contributed by atoms with Crippen molar-refractivity contribution in [1.82, 2.24) is 4.90 Å². The zero-order valence-corrected chi connectivity index (χ0v) is 10.6. The summed E-state index contributed by atoms with van der Waals surface area (Å²) in [7, 11) is 0. The normalized spacial score (nSPS) is 34.6. The van der Waals surface area contributed by atoms with Crippen LogP contribution in [0.5, 0.6) is 0 Å². The van der Waals surface area contributed by atoms with Crippen molar-refractivity contribution in [2.75, 3.05) is 6.54 Å². The molecular weight excluding hydrogens is 204 g/mol. The fraction of sp³-hybridized carbons (Fsp3) is 0.917. The van der Waals surface area contributed by atoms with Gasteiger partial charge in [0.25, 0.3) is 0 Å². The van der Waals surface area contributed by atoms with Crippen LogP contribution in [0.4, 0.5) is 4.79 Å². The zero-order valence-electron chi connectivity index (χ0n) is 10.6. The van der Waals surface area contributed by atoms with Crippen molar-refractivity contribution in [1.29, 1.82) is 0 Å². The van der Waals surface area contributed by atoms with Gasteiger partial charge in [0, 0.05) is 18.6 Å². The molecule has 3 aliphatic rings. The van der Waals surface area contributed by atoms with E-state index < -0.39 is 5.60 Å². The maximum Gasteiger partial charge on any atom is 0.410 e. The molecule has 4 heteroatoms. The molecule has 4 atom stereocenters. The lowest BCUT2D eigenvalue weighted by Gasteiger charge is -2.39. The van der Waals surface area contributed by atoms with Crippen LogP contribution in [0, 0.1) is 11.8 Å². The fourth-order valence-electron chi connectivity index (χ4n) is 2.97. The second-order valence-corrected chi connectivity index (χ2v) is 6.13. The number of carbonyl (C=O) groups excluding carboxylic acids is 1. The predicted molar refractivity (Wildman–Crippen MR) is 62.0 cm³/mol. The lowest BCUT2D eigenvalue weighted by molar-refractivity contribution is 0.0191. The molecule has 0 aromatic carbocycles. The SMILES string of the molecule is C[C@H](N)[C@H]1[C@@H]2C[C@@H]1N(C(=O)OC(C)(C)C)C2. The van der Waals surface area contributed by atoms with Gasteiger partial charge in [-0.05, 0) is 46.0 Å². The van der Waals surface area contributed by atoms with Gasteiger partial charge < -0.3 is 15.4 Å². The summed E-state index contributed by atoms with van der Waals surface area (Å²) >= 11 is 0. The predicted octanol–water partition coefficient (Wildman–Crippen LogP) is 1.59. The molecule has 2 heterocycles. The molecule has 1 amide bonds. The van der Waals surface area contributed by atoms with Crippen molar-refractivity contribution in [2.45, 2.75) is 51.8 Å². The molecule has 3 rings (SSSR count). The minimum Gasteiger partial charge on any atom is -0.444 e. The Morgan fingerprint density at radius 1 is 1.50 bits per heavy atom. The summed E-state index contributed by atoms with van der Waals surface area (Å²) in [5, 5.41) is 0. The topological polar surface area (TPSA) is 55.6 Å². The average Bonchev–Trinajstić information content (AvgIpc) is 2.53. The van der Waals surface area contributed by atoms with Gasteiger partial charge >= 0.3 is 6.09 Å². The summed E-state index contributed by atoms with van der Waals surface area (Å²) in [6, 6.07) is 0.496. The highest BCUT2D eigenvalue weighted by molar-refractivity contribution is 5.69. The number of fused-ring (bicyclic) bond motifs is 1. The molecule has 92 valence electrons. The van der Waals surface area contributed by atoms with E-state index in [2.05, 4.69) is 0 Å². The van der Waals surface area contributed by atoms with Gasteiger partial charge in [0.1, 0.15) is 5.60 Å². The molecular formula is C12H22N2O2. The number of carbonyl (C=O) groups is 1. The monoisotopic (exact) mass is 226 g/mol. The van der Waals surface area contributed by atoms with Crippen LogP contribution in [-0.2, 0) is 4.74 Å². The summed E-state index contributed by atoms with van der Waals surface area (Å²) in [6.07, 6.45) is 0.925. The van der Waals surface area contributed by atoms with Crippen LogP contribution < -0.4 is 5.73 Å². The van der Waals surface area contributed by atoms with Crippen LogP contribution in [0.1, 0.15) is 34.1 Å². The van der Waals surface area contributed by atoms with Crippen LogP contribution in [0.25, 0.3) is 0 Å². The van der Waals surface area contributed by atoms with E-state index in [4.69, 9.17) is 10.5 Å². The van der Waals surface area contributed by atoms with Crippen LogP contribution in [0.15, 0.2) is 0 Å². The molecule has 0 spiro atoms. The number of amides is 1. The first-order valence-electron chi connectivity index (χ1n) is 6.05. The lowest BCUT2D eigenvalue weighted by Crippen LogP contribution is -2.49. The van der Waals surface area contributed by atoms with Crippen LogP contribution in [0.3, 0.4) is 0 Å². The molecule has 2 bridgehead atoms. The summed E-state index contributed by atoms with van der Waals surface area (Å²) < 4.78 is 5.39. The van der Waals surface area contributed by atoms with Gasteiger partial charge in [0.05, 0.1) is 0 Å². The van der Waals surface area contributed by atoms with E-state index in [1.165, 1.54) is 0 Å². The average molecular weight is 226 g/mol. The minimum absolute atomic E-state index is 0.177. The van der Waals surface area contributed by atoms with Gasteiger partial charge in [-0.2, -0.15) is 0 Å². The van der Waals surface area contributed by atoms with Gasteiger partial charge in [-0.15, -0.1) is 0 Å². The molecule has 1 saturated carbocycles. The smallest absolute Gasteiger partial charge is 0.410 e. The standard InChI is InChI=1S/C12H22N2O2/c1-7(13)10-8-5-9(10)14(6-8)11(15)16-12(2,3)4/h7-10H,5-6,13H2,1-4H3/t7-,8+,9-,10-/m0/s1. The first-order valence-corrected chi connectivity index (χ1v) is 6.05. The summed E-state index contributed by atoms with van der Waals surface area (Å²) in [6.45, 7) is 8.55. The van der Waals surface area contributed by atoms with E-state index in [9.17, 15) is 4.79 Å². The Morgan fingerprint density at radius 2 is 2.12 bits per heavy atom. The van der Waals surface area contributed by atoms with Crippen molar-refractivity contribution >= 4 is 6.09 Å². The maximum absolute atomic E-state index is 11.9. The van der Waals surface area contributed by atoms with E-state index in [-0.39, 0.29) is 12.1 Å². The minimum atomic E-state index is -0.409. The second-order valence-electron chi connectivity index (χ2n) is 6.13.